The summed E-state index contributed by atoms with van der Waals surface area (Å²) in [6.07, 6.45) is 0. The summed E-state index contributed by atoms with van der Waals surface area (Å²) in [6.45, 7) is 2.11. The van der Waals surface area contributed by atoms with Crippen molar-refractivity contribution >= 4 is 40.0 Å². The Labute approximate surface area is 173 Å². The maximum Gasteiger partial charge on any atom is 0.338 e. The summed E-state index contributed by atoms with van der Waals surface area (Å²) in [7, 11) is 0. The molecule has 0 bridgehead atoms. The van der Waals surface area contributed by atoms with Crippen LogP contribution in [0.25, 0.3) is 22.3 Å². The third-order valence-corrected chi connectivity index (χ3v) is 4.59. The quantitative estimate of drug-likeness (QED) is 0.422. The third-order valence-electron chi connectivity index (χ3n) is 4.34. The third kappa shape index (κ3) is 4.20. The Hall–Kier alpha value is -3.44. The molecule has 0 spiro atoms. The second-order valence-corrected chi connectivity index (χ2v) is 6.78. The van der Waals surface area contributed by atoms with Gasteiger partial charge in [0.05, 0.1) is 17.7 Å². The van der Waals surface area contributed by atoms with Crippen LogP contribution in [-0.2, 0) is 4.74 Å². The lowest BCUT2D eigenvalue weighted by Crippen LogP contribution is -2.05. The van der Waals surface area contributed by atoms with E-state index in [1.165, 1.54) is 0 Å². The van der Waals surface area contributed by atoms with E-state index < -0.39 is 0 Å². The fraction of sp³-hybridized carbons (Fsp3) is 0.0870. The lowest BCUT2D eigenvalue weighted by Gasteiger charge is -2.12. The van der Waals surface area contributed by atoms with Crippen LogP contribution in [0.2, 0.25) is 5.02 Å². The number of nitrogens with one attached hydrogen (secondary N) is 1. The summed E-state index contributed by atoms with van der Waals surface area (Å²) in [5.41, 5.74) is 2.90. The van der Waals surface area contributed by atoms with E-state index in [0.717, 1.165) is 22.2 Å². The monoisotopic (exact) mass is 403 g/mol. The van der Waals surface area contributed by atoms with Gasteiger partial charge in [0.1, 0.15) is 5.82 Å². The zero-order chi connectivity index (χ0) is 20.2. The predicted molar refractivity (Wildman–Crippen MR) is 116 cm³/mol. The van der Waals surface area contributed by atoms with E-state index in [1.807, 2.05) is 54.6 Å². The molecular weight excluding hydrogens is 386 g/mol. The first-order valence-electron chi connectivity index (χ1n) is 9.21. The topological polar surface area (TPSA) is 64.1 Å². The fourth-order valence-electron chi connectivity index (χ4n) is 2.98. The van der Waals surface area contributed by atoms with Gasteiger partial charge in [-0.05, 0) is 61.5 Å². The minimum atomic E-state index is -0.356. The van der Waals surface area contributed by atoms with Crippen LogP contribution in [0.4, 0.5) is 11.5 Å². The first kappa shape index (κ1) is 18.9. The van der Waals surface area contributed by atoms with Crippen LogP contribution in [0.1, 0.15) is 17.3 Å². The van der Waals surface area contributed by atoms with Crippen LogP contribution in [0.5, 0.6) is 0 Å². The van der Waals surface area contributed by atoms with E-state index in [0.29, 0.717) is 28.8 Å². The summed E-state index contributed by atoms with van der Waals surface area (Å²) >= 11 is 6.00. The summed E-state index contributed by atoms with van der Waals surface area (Å²) < 4.78 is 5.09. The number of anilines is 2. The maximum atomic E-state index is 12.0. The van der Waals surface area contributed by atoms with Crippen molar-refractivity contribution in [2.24, 2.45) is 0 Å². The van der Waals surface area contributed by atoms with Gasteiger partial charge in [-0.1, -0.05) is 29.8 Å². The minimum absolute atomic E-state index is 0.331. The van der Waals surface area contributed by atoms with Gasteiger partial charge in [-0.25, -0.2) is 14.8 Å². The molecule has 0 amide bonds. The highest BCUT2D eigenvalue weighted by atomic mass is 35.5. The molecule has 6 heteroatoms. The van der Waals surface area contributed by atoms with Crippen LogP contribution in [0.3, 0.4) is 0 Å². The average molecular weight is 404 g/mol. The lowest BCUT2D eigenvalue weighted by molar-refractivity contribution is 0.0526. The normalized spacial score (nSPS) is 10.7. The number of hydrogen-bond acceptors (Lipinski definition) is 5. The number of rotatable bonds is 5. The number of halogens is 1. The Bertz CT molecular complexity index is 1180. The number of nitrogens with zero attached hydrogens (tertiary/aromatic N) is 2. The first-order chi connectivity index (χ1) is 14.1. The van der Waals surface area contributed by atoms with Gasteiger partial charge in [0.15, 0.2) is 5.82 Å². The molecule has 0 aliphatic rings. The van der Waals surface area contributed by atoms with E-state index in [4.69, 9.17) is 21.3 Å². The first-order valence-corrected chi connectivity index (χ1v) is 9.59. The molecule has 0 aliphatic heterocycles. The zero-order valence-corrected chi connectivity index (χ0v) is 16.5. The minimum Gasteiger partial charge on any atom is -0.462 e. The lowest BCUT2D eigenvalue weighted by atomic mass is 10.1. The number of aromatic nitrogens is 2. The second-order valence-electron chi connectivity index (χ2n) is 6.35. The van der Waals surface area contributed by atoms with E-state index >= 15 is 0 Å². The van der Waals surface area contributed by atoms with Crippen LogP contribution >= 0.6 is 11.6 Å². The van der Waals surface area contributed by atoms with Gasteiger partial charge in [0, 0.05) is 21.7 Å². The number of fused-ring (bicyclic) bond motifs is 1. The average Bonchev–Trinajstić information content (AvgIpc) is 2.74. The molecule has 3 aromatic carbocycles. The molecule has 1 N–H and O–H groups in total. The molecule has 29 heavy (non-hydrogen) atoms. The van der Waals surface area contributed by atoms with Gasteiger partial charge in [0.25, 0.3) is 0 Å². The van der Waals surface area contributed by atoms with Crippen molar-refractivity contribution in [1.29, 1.82) is 0 Å². The van der Waals surface area contributed by atoms with Crippen molar-refractivity contribution in [3.05, 3.63) is 83.4 Å². The van der Waals surface area contributed by atoms with Crippen LogP contribution in [-0.4, -0.2) is 22.5 Å². The van der Waals surface area contributed by atoms with Crippen molar-refractivity contribution in [2.75, 3.05) is 11.9 Å². The molecule has 0 radical (unpaired) electrons. The Morgan fingerprint density at radius 1 is 1.00 bits per heavy atom. The molecule has 5 nitrogen and oxygen atoms in total. The molecule has 1 heterocycles. The van der Waals surface area contributed by atoms with Crippen molar-refractivity contribution in [1.82, 2.24) is 9.97 Å². The van der Waals surface area contributed by atoms with Crippen LogP contribution in [0.15, 0.2) is 72.8 Å². The highest BCUT2D eigenvalue weighted by Crippen LogP contribution is 2.28. The Kier molecular flexibility index (Phi) is 5.40. The Morgan fingerprint density at radius 2 is 1.79 bits per heavy atom. The number of carbonyl (C=O) groups excluding carboxylic acids is 1. The SMILES string of the molecule is CCOC(=O)c1cccc(Nc2nc(-c3ccc(Cl)cc3)nc3ccccc23)c1. The summed E-state index contributed by atoms with van der Waals surface area (Å²) in [5.74, 6) is 0.886. The standard InChI is InChI=1S/C23H18ClN3O2/c1-2-29-23(28)16-6-5-7-18(14-16)25-22-19-8-3-4-9-20(19)26-21(27-22)15-10-12-17(24)13-11-15/h3-14H,2H2,1H3,(H,25,26,27). The fourth-order valence-corrected chi connectivity index (χ4v) is 3.10. The highest BCUT2D eigenvalue weighted by Gasteiger charge is 2.11. The van der Waals surface area contributed by atoms with E-state index in [9.17, 15) is 4.79 Å². The van der Waals surface area contributed by atoms with Gasteiger partial charge in [-0.15, -0.1) is 0 Å². The van der Waals surface area contributed by atoms with Crippen molar-refractivity contribution < 1.29 is 9.53 Å². The molecule has 0 saturated heterocycles. The molecule has 0 saturated carbocycles. The Morgan fingerprint density at radius 3 is 2.59 bits per heavy atom. The molecule has 0 aliphatic carbocycles. The number of esters is 1. The maximum absolute atomic E-state index is 12.0. The number of benzene rings is 3. The molecular formula is C23H18ClN3O2. The van der Waals surface area contributed by atoms with Crippen molar-refractivity contribution in [3.63, 3.8) is 0 Å². The van der Waals surface area contributed by atoms with E-state index in [-0.39, 0.29) is 5.97 Å². The van der Waals surface area contributed by atoms with Gasteiger partial charge in [0.2, 0.25) is 0 Å². The number of hydrogen-bond donors (Lipinski definition) is 1. The highest BCUT2D eigenvalue weighted by molar-refractivity contribution is 6.30. The van der Waals surface area contributed by atoms with E-state index in [1.54, 1.807) is 25.1 Å². The molecule has 0 atom stereocenters. The van der Waals surface area contributed by atoms with Gasteiger partial charge in [-0.2, -0.15) is 0 Å². The largest absolute Gasteiger partial charge is 0.462 e. The van der Waals surface area contributed by atoms with E-state index in [2.05, 4.69) is 10.3 Å². The van der Waals surface area contributed by atoms with Crippen LogP contribution < -0.4 is 5.32 Å². The summed E-state index contributed by atoms with van der Waals surface area (Å²) in [6, 6.07) is 22.3. The van der Waals surface area contributed by atoms with Crippen molar-refractivity contribution in [2.45, 2.75) is 6.92 Å². The summed E-state index contributed by atoms with van der Waals surface area (Å²) in [4.78, 5) is 21.4. The Balaban J connectivity index is 1.76. The molecule has 144 valence electrons. The number of ether oxygens (including phenoxy) is 1. The van der Waals surface area contributed by atoms with Gasteiger partial charge in [-0.3, -0.25) is 0 Å². The van der Waals surface area contributed by atoms with Gasteiger partial charge >= 0.3 is 5.97 Å². The van der Waals surface area contributed by atoms with Crippen molar-refractivity contribution in [3.8, 4) is 11.4 Å². The molecule has 0 unspecified atom stereocenters. The zero-order valence-electron chi connectivity index (χ0n) is 15.7. The molecule has 0 fully saturated rings. The smallest absolute Gasteiger partial charge is 0.338 e. The van der Waals surface area contributed by atoms with Crippen LogP contribution in [0, 0.1) is 0 Å². The second kappa shape index (κ2) is 8.29. The predicted octanol–water partition coefficient (Wildman–Crippen LogP) is 5.87. The molecule has 1 aromatic heterocycles. The number of para-hydroxylation sites is 1. The molecule has 4 rings (SSSR count). The van der Waals surface area contributed by atoms with Gasteiger partial charge < -0.3 is 10.1 Å². The number of carbonyl (C=O) groups is 1. The summed E-state index contributed by atoms with van der Waals surface area (Å²) in [5, 5.41) is 4.86. The molecule has 4 aromatic rings.